The molecule has 0 aliphatic carbocycles. The Bertz CT molecular complexity index is 909. The van der Waals surface area contributed by atoms with Crippen molar-refractivity contribution in [1.29, 1.82) is 0 Å². The summed E-state index contributed by atoms with van der Waals surface area (Å²) in [6.07, 6.45) is 1.75. The monoisotopic (exact) mass is 360 g/mol. The Labute approximate surface area is 160 Å². The topological polar surface area (TPSA) is 58.1 Å². The first-order chi connectivity index (χ1) is 13.0. The lowest BCUT2D eigenvalue weighted by Crippen LogP contribution is -2.31. The number of anilines is 3. The van der Waals surface area contributed by atoms with Gasteiger partial charge < -0.3 is 10.2 Å². The van der Waals surface area contributed by atoms with Crippen LogP contribution in [0.25, 0.3) is 0 Å². The zero-order valence-electron chi connectivity index (χ0n) is 15.9. The highest BCUT2D eigenvalue weighted by atomic mass is 16.1. The van der Waals surface area contributed by atoms with Crippen molar-refractivity contribution < 1.29 is 4.79 Å². The molecule has 27 heavy (non-hydrogen) atoms. The Morgan fingerprint density at radius 1 is 1.07 bits per heavy atom. The lowest BCUT2D eigenvalue weighted by molar-refractivity contribution is 0.101. The Balaban J connectivity index is 1.83. The number of nitrogens with zero attached hydrogens (tertiary/aromatic N) is 3. The van der Waals surface area contributed by atoms with Crippen LogP contribution in [-0.4, -0.2) is 21.8 Å². The Morgan fingerprint density at radius 3 is 2.56 bits per heavy atom. The fourth-order valence-corrected chi connectivity index (χ4v) is 2.82. The number of rotatable bonds is 7. The predicted octanol–water partition coefficient (Wildman–Crippen LogP) is 4.84. The second-order valence-electron chi connectivity index (χ2n) is 6.71. The van der Waals surface area contributed by atoms with Crippen LogP contribution in [0.2, 0.25) is 0 Å². The third-order valence-corrected chi connectivity index (χ3v) is 4.28. The molecular weight excluding hydrogens is 336 g/mol. The van der Waals surface area contributed by atoms with Crippen molar-refractivity contribution in [3.05, 3.63) is 78.0 Å². The maximum absolute atomic E-state index is 11.6. The molecule has 0 amide bonds. The molecule has 5 nitrogen and oxygen atoms in total. The summed E-state index contributed by atoms with van der Waals surface area (Å²) in [5, 5.41) is 3.20. The maximum atomic E-state index is 11.6. The highest BCUT2D eigenvalue weighted by Gasteiger charge is 2.14. The minimum absolute atomic E-state index is 0.0298. The molecule has 1 N–H and O–H groups in total. The van der Waals surface area contributed by atoms with Crippen molar-refractivity contribution in [2.75, 3.05) is 10.2 Å². The van der Waals surface area contributed by atoms with E-state index in [-0.39, 0.29) is 11.8 Å². The SMILES string of the molecule is CC(=O)c1cccc(Nc2nccc(N(Cc3ccccc3)C(C)C)n2)c1. The van der Waals surface area contributed by atoms with Gasteiger partial charge in [-0.25, -0.2) is 4.98 Å². The summed E-state index contributed by atoms with van der Waals surface area (Å²) >= 11 is 0. The first kappa shape index (κ1) is 18.6. The van der Waals surface area contributed by atoms with Crippen molar-refractivity contribution >= 4 is 23.2 Å². The number of carbonyl (C=O) groups excluding carboxylic acids is 1. The van der Waals surface area contributed by atoms with E-state index >= 15 is 0 Å². The second-order valence-corrected chi connectivity index (χ2v) is 6.71. The van der Waals surface area contributed by atoms with Gasteiger partial charge in [-0.3, -0.25) is 4.79 Å². The zero-order valence-corrected chi connectivity index (χ0v) is 15.9. The molecule has 0 bridgehead atoms. The Morgan fingerprint density at radius 2 is 1.85 bits per heavy atom. The summed E-state index contributed by atoms with van der Waals surface area (Å²) in [5.41, 5.74) is 2.68. The van der Waals surface area contributed by atoms with E-state index in [4.69, 9.17) is 0 Å². The zero-order chi connectivity index (χ0) is 19.2. The predicted molar refractivity (Wildman–Crippen MR) is 110 cm³/mol. The standard InChI is InChI=1S/C22H24N4O/c1-16(2)26(15-18-8-5-4-6-9-18)21-12-13-23-22(25-21)24-20-11-7-10-19(14-20)17(3)27/h4-14,16H,15H2,1-3H3,(H,23,24,25). The lowest BCUT2D eigenvalue weighted by Gasteiger charge is -2.28. The van der Waals surface area contributed by atoms with Gasteiger partial charge in [-0.1, -0.05) is 42.5 Å². The molecule has 5 heteroatoms. The van der Waals surface area contributed by atoms with Crippen LogP contribution in [0.15, 0.2) is 66.9 Å². The van der Waals surface area contributed by atoms with Gasteiger partial charge in [0.25, 0.3) is 0 Å². The highest BCUT2D eigenvalue weighted by Crippen LogP contribution is 2.21. The number of Topliss-reactive ketones (excluding diaryl/α,β-unsaturated/α-hetero) is 1. The van der Waals surface area contributed by atoms with Crippen molar-refractivity contribution in [2.24, 2.45) is 0 Å². The van der Waals surface area contributed by atoms with Gasteiger partial charge in [-0.2, -0.15) is 4.98 Å². The molecule has 2 aromatic carbocycles. The number of carbonyl (C=O) groups is 1. The minimum atomic E-state index is 0.0298. The molecule has 0 atom stereocenters. The molecule has 0 aliphatic rings. The average Bonchev–Trinajstić information content (AvgIpc) is 2.67. The van der Waals surface area contributed by atoms with Crippen LogP contribution >= 0.6 is 0 Å². The highest BCUT2D eigenvalue weighted by molar-refractivity contribution is 5.95. The maximum Gasteiger partial charge on any atom is 0.229 e. The molecule has 0 fully saturated rings. The van der Waals surface area contributed by atoms with Crippen LogP contribution in [0.3, 0.4) is 0 Å². The number of ketones is 1. The van der Waals surface area contributed by atoms with Crippen LogP contribution in [0.5, 0.6) is 0 Å². The molecule has 1 heterocycles. The smallest absolute Gasteiger partial charge is 0.229 e. The molecule has 0 saturated heterocycles. The largest absolute Gasteiger partial charge is 0.350 e. The van der Waals surface area contributed by atoms with E-state index in [1.165, 1.54) is 5.56 Å². The third kappa shape index (κ3) is 4.91. The van der Waals surface area contributed by atoms with Gasteiger partial charge in [0.2, 0.25) is 5.95 Å². The van der Waals surface area contributed by atoms with E-state index in [2.05, 4.69) is 46.2 Å². The van der Waals surface area contributed by atoms with Crippen LogP contribution in [0, 0.1) is 0 Å². The van der Waals surface area contributed by atoms with E-state index in [0.717, 1.165) is 18.1 Å². The molecule has 0 unspecified atom stereocenters. The Kier molecular flexibility index (Phi) is 5.81. The van der Waals surface area contributed by atoms with E-state index < -0.39 is 0 Å². The Hall–Kier alpha value is -3.21. The molecule has 1 aromatic heterocycles. The summed E-state index contributed by atoms with van der Waals surface area (Å²) in [6.45, 7) is 6.62. The lowest BCUT2D eigenvalue weighted by atomic mass is 10.1. The van der Waals surface area contributed by atoms with Crippen LogP contribution in [0.1, 0.15) is 36.7 Å². The number of nitrogens with one attached hydrogen (secondary N) is 1. The summed E-state index contributed by atoms with van der Waals surface area (Å²) in [4.78, 5) is 22.8. The summed E-state index contributed by atoms with van der Waals surface area (Å²) in [5.74, 6) is 1.39. The fourth-order valence-electron chi connectivity index (χ4n) is 2.82. The second kappa shape index (κ2) is 8.45. The van der Waals surface area contributed by atoms with Crippen molar-refractivity contribution in [3.8, 4) is 0 Å². The summed E-state index contributed by atoms with van der Waals surface area (Å²) in [7, 11) is 0. The summed E-state index contributed by atoms with van der Waals surface area (Å²) in [6, 6.07) is 19.9. The van der Waals surface area contributed by atoms with Crippen LogP contribution < -0.4 is 10.2 Å². The third-order valence-electron chi connectivity index (χ3n) is 4.28. The fraction of sp³-hybridized carbons (Fsp3) is 0.227. The van der Waals surface area contributed by atoms with Gasteiger partial charge in [0, 0.05) is 30.0 Å². The first-order valence-corrected chi connectivity index (χ1v) is 9.04. The number of hydrogen-bond acceptors (Lipinski definition) is 5. The van der Waals surface area contributed by atoms with E-state index in [1.807, 2.05) is 42.5 Å². The van der Waals surface area contributed by atoms with Gasteiger partial charge >= 0.3 is 0 Å². The van der Waals surface area contributed by atoms with Gasteiger partial charge in [0.05, 0.1) is 0 Å². The normalized spacial score (nSPS) is 10.7. The molecular formula is C22H24N4O. The van der Waals surface area contributed by atoms with Gasteiger partial charge in [0.1, 0.15) is 5.82 Å². The van der Waals surface area contributed by atoms with Crippen LogP contribution in [-0.2, 0) is 6.54 Å². The number of hydrogen-bond donors (Lipinski definition) is 1. The van der Waals surface area contributed by atoms with Gasteiger partial charge in [-0.05, 0) is 44.5 Å². The first-order valence-electron chi connectivity index (χ1n) is 9.04. The molecule has 0 radical (unpaired) electrons. The van der Waals surface area contributed by atoms with E-state index in [0.29, 0.717) is 11.5 Å². The molecule has 0 spiro atoms. The number of aromatic nitrogens is 2. The van der Waals surface area contributed by atoms with Gasteiger partial charge in [-0.15, -0.1) is 0 Å². The quantitative estimate of drug-likeness (QED) is 0.611. The van der Waals surface area contributed by atoms with Crippen molar-refractivity contribution in [2.45, 2.75) is 33.4 Å². The van der Waals surface area contributed by atoms with Crippen molar-refractivity contribution in [1.82, 2.24) is 9.97 Å². The molecule has 3 rings (SSSR count). The van der Waals surface area contributed by atoms with Crippen LogP contribution in [0.4, 0.5) is 17.5 Å². The van der Waals surface area contributed by atoms with Crippen molar-refractivity contribution in [3.63, 3.8) is 0 Å². The van der Waals surface area contributed by atoms with E-state index in [1.54, 1.807) is 19.2 Å². The molecule has 0 saturated carbocycles. The molecule has 0 aliphatic heterocycles. The van der Waals surface area contributed by atoms with Gasteiger partial charge in [0.15, 0.2) is 5.78 Å². The molecule has 3 aromatic rings. The minimum Gasteiger partial charge on any atom is -0.350 e. The molecule has 138 valence electrons. The average molecular weight is 360 g/mol. The summed E-state index contributed by atoms with van der Waals surface area (Å²) < 4.78 is 0. The van der Waals surface area contributed by atoms with E-state index in [9.17, 15) is 4.79 Å². The number of benzene rings is 2.